The molecule has 0 spiro atoms. The molecule has 0 aliphatic heterocycles. The van der Waals surface area contributed by atoms with Crippen molar-refractivity contribution >= 4 is 34.7 Å². The lowest BCUT2D eigenvalue weighted by Gasteiger charge is -2.13. The normalized spacial score (nSPS) is 11.4. The van der Waals surface area contributed by atoms with Crippen LogP contribution in [0.1, 0.15) is 44.5 Å². The number of rotatable bonds is 7. The van der Waals surface area contributed by atoms with Crippen LogP contribution < -0.4 is 5.32 Å². The molecule has 5 nitrogen and oxygen atoms in total. The monoisotopic (exact) mass is 436 g/mol. The van der Waals surface area contributed by atoms with E-state index in [9.17, 15) is 13.6 Å². The van der Waals surface area contributed by atoms with Crippen molar-refractivity contribution in [1.82, 2.24) is 14.8 Å². The van der Waals surface area contributed by atoms with Crippen molar-refractivity contribution in [3.63, 3.8) is 0 Å². The summed E-state index contributed by atoms with van der Waals surface area (Å²) in [5.74, 6) is -0.680. The maximum absolute atomic E-state index is 13.7. The fourth-order valence-corrected chi connectivity index (χ4v) is 4.49. The number of amides is 1. The van der Waals surface area contributed by atoms with Crippen LogP contribution in [0.15, 0.2) is 34.8 Å². The van der Waals surface area contributed by atoms with Crippen LogP contribution in [0, 0.1) is 11.6 Å². The molecule has 0 saturated heterocycles. The van der Waals surface area contributed by atoms with Gasteiger partial charge in [-0.2, -0.15) is 0 Å². The molecule has 2 heterocycles. The Morgan fingerprint density at radius 2 is 1.97 bits per heavy atom. The highest BCUT2D eigenvalue weighted by Gasteiger charge is 2.19. The molecule has 0 bridgehead atoms. The van der Waals surface area contributed by atoms with Crippen molar-refractivity contribution < 1.29 is 13.6 Å². The summed E-state index contributed by atoms with van der Waals surface area (Å²) in [7, 11) is 0. The Hall–Kier alpha value is -2.26. The molecule has 0 fully saturated rings. The molecule has 1 aromatic carbocycles. The van der Waals surface area contributed by atoms with Crippen LogP contribution in [-0.2, 0) is 4.79 Å². The summed E-state index contributed by atoms with van der Waals surface area (Å²) in [5.41, 5.74) is 0.951. The number of carbonyl (C=O) groups excluding carboxylic acids is 1. The molecule has 0 aliphatic carbocycles. The first-order valence-corrected chi connectivity index (χ1v) is 11.0. The molecule has 9 heteroatoms. The van der Waals surface area contributed by atoms with E-state index in [2.05, 4.69) is 40.8 Å². The summed E-state index contributed by atoms with van der Waals surface area (Å²) < 4.78 is 28.7. The van der Waals surface area contributed by atoms with Crippen LogP contribution in [0.5, 0.6) is 0 Å². The van der Waals surface area contributed by atoms with E-state index in [1.54, 1.807) is 11.3 Å². The van der Waals surface area contributed by atoms with Crippen molar-refractivity contribution in [2.24, 2.45) is 0 Å². The Balaban J connectivity index is 1.73. The number of hydrogen-bond donors (Lipinski definition) is 1. The molecule has 0 saturated carbocycles. The fraction of sp³-hybridized carbons (Fsp3) is 0.350. The average molecular weight is 437 g/mol. The highest BCUT2D eigenvalue weighted by atomic mass is 32.2. The van der Waals surface area contributed by atoms with Crippen LogP contribution >= 0.6 is 23.1 Å². The minimum Gasteiger partial charge on any atom is -0.323 e. The van der Waals surface area contributed by atoms with E-state index in [4.69, 9.17) is 0 Å². The third-order valence-corrected chi connectivity index (χ3v) is 6.34. The molecule has 3 rings (SSSR count). The van der Waals surface area contributed by atoms with Gasteiger partial charge in [-0.25, -0.2) is 8.78 Å². The minimum absolute atomic E-state index is 0.0303. The van der Waals surface area contributed by atoms with E-state index in [0.29, 0.717) is 11.1 Å². The number of nitrogens with one attached hydrogen (secondary N) is 1. The SMILES string of the molecule is CC(C)c1cc(-c2nnc(SCC(=O)Nc3ccc(F)cc3F)n2C(C)C)cs1. The molecular weight excluding hydrogens is 414 g/mol. The first-order chi connectivity index (χ1) is 13.8. The molecule has 1 N–H and O–H groups in total. The minimum atomic E-state index is -0.811. The molecule has 0 radical (unpaired) electrons. The van der Waals surface area contributed by atoms with Gasteiger partial charge in [0.1, 0.15) is 11.6 Å². The maximum atomic E-state index is 13.7. The van der Waals surface area contributed by atoms with E-state index >= 15 is 0 Å². The standard InChI is InChI=1S/C20H22F2N4OS2/c1-11(2)17-7-13(9-28-17)19-24-25-20(26(19)12(3)4)29-10-18(27)23-16-6-5-14(21)8-15(16)22/h5-9,11-12H,10H2,1-4H3,(H,23,27). The van der Waals surface area contributed by atoms with Crippen molar-refractivity contribution in [3.8, 4) is 11.4 Å². The second-order valence-electron chi connectivity index (χ2n) is 7.12. The lowest BCUT2D eigenvalue weighted by molar-refractivity contribution is -0.113. The highest BCUT2D eigenvalue weighted by Crippen LogP contribution is 2.32. The predicted molar refractivity (Wildman–Crippen MR) is 114 cm³/mol. The predicted octanol–water partition coefficient (Wildman–Crippen LogP) is 5.72. The Kier molecular flexibility index (Phi) is 6.69. The first-order valence-electron chi connectivity index (χ1n) is 9.17. The molecule has 1 amide bonds. The molecule has 0 atom stereocenters. The Morgan fingerprint density at radius 3 is 2.59 bits per heavy atom. The van der Waals surface area contributed by atoms with Gasteiger partial charge in [-0.3, -0.25) is 9.36 Å². The number of nitrogens with zero attached hydrogens (tertiary/aromatic N) is 3. The Labute approximate surface area is 176 Å². The number of hydrogen-bond acceptors (Lipinski definition) is 5. The largest absolute Gasteiger partial charge is 0.323 e. The fourth-order valence-electron chi connectivity index (χ4n) is 2.72. The van der Waals surface area contributed by atoms with Crippen LogP contribution in [0.2, 0.25) is 0 Å². The van der Waals surface area contributed by atoms with Gasteiger partial charge in [0.2, 0.25) is 5.91 Å². The zero-order chi connectivity index (χ0) is 21.1. The highest BCUT2D eigenvalue weighted by molar-refractivity contribution is 7.99. The van der Waals surface area contributed by atoms with E-state index in [1.165, 1.54) is 22.7 Å². The zero-order valence-corrected chi connectivity index (χ0v) is 18.2. The van der Waals surface area contributed by atoms with E-state index in [0.717, 1.165) is 23.5 Å². The molecule has 29 heavy (non-hydrogen) atoms. The number of benzene rings is 1. The first kappa shape index (κ1) is 21.4. The number of thioether (sulfide) groups is 1. The average Bonchev–Trinajstić information content (AvgIpc) is 3.29. The van der Waals surface area contributed by atoms with E-state index in [-0.39, 0.29) is 17.5 Å². The van der Waals surface area contributed by atoms with Crippen molar-refractivity contribution in [2.75, 3.05) is 11.1 Å². The van der Waals surface area contributed by atoms with Crippen LogP contribution in [0.3, 0.4) is 0 Å². The van der Waals surface area contributed by atoms with Gasteiger partial charge in [-0.15, -0.1) is 21.5 Å². The van der Waals surface area contributed by atoms with Gasteiger partial charge in [0.25, 0.3) is 0 Å². The quantitative estimate of drug-likeness (QED) is 0.481. The van der Waals surface area contributed by atoms with Gasteiger partial charge in [-0.05, 0) is 38.0 Å². The van der Waals surface area contributed by atoms with Gasteiger partial charge in [-0.1, -0.05) is 25.6 Å². The number of anilines is 1. The Bertz CT molecular complexity index is 1010. The third-order valence-electron chi connectivity index (χ3n) is 4.17. The van der Waals surface area contributed by atoms with Crippen molar-refractivity contribution in [2.45, 2.75) is 44.8 Å². The lowest BCUT2D eigenvalue weighted by Crippen LogP contribution is -2.16. The second-order valence-corrected chi connectivity index (χ2v) is 9.01. The van der Waals surface area contributed by atoms with Gasteiger partial charge in [0.15, 0.2) is 11.0 Å². The van der Waals surface area contributed by atoms with Crippen molar-refractivity contribution in [1.29, 1.82) is 0 Å². The van der Waals surface area contributed by atoms with Crippen molar-refractivity contribution in [3.05, 3.63) is 46.2 Å². The molecule has 154 valence electrons. The van der Waals surface area contributed by atoms with Gasteiger partial charge in [0.05, 0.1) is 11.4 Å². The molecule has 3 aromatic rings. The summed E-state index contributed by atoms with van der Waals surface area (Å²) in [6, 6.07) is 5.25. The second kappa shape index (κ2) is 9.04. The number of carbonyl (C=O) groups is 1. The summed E-state index contributed by atoms with van der Waals surface area (Å²) in [6.45, 7) is 8.35. The van der Waals surface area contributed by atoms with E-state index in [1.807, 2.05) is 18.4 Å². The molecule has 0 aliphatic rings. The van der Waals surface area contributed by atoms with Crippen LogP contribution in [0.4, 0.5) is 14.5 Å². The van der Waals surface area contributed by atoms with E-state index < -0.39 is 17.5 Å². The topological polar surface area (TPSA) is 59.8 Å². The van der Waals surface area contributed by atoms with Crippen LogP contribution in [0.25, 0.3) is 11.4 Å². The number of thiophene rings is 1. The molecule has 2 aromatic heterocycles. The summed E-state index contributed by atoms with van der Waals surface area (Å²) in [6.07, 6.45) is 0. The van der Waals surface area contributed by atoms with Gasteiger partial charge >= 0.3 is 0 Å². The Morgan fingerprint density at radius 1 is 1.21 bits per heavy atom. The summed E-state index contributed by atoms with van der Waals surface area (Å²) in [5, 5.41) is 13.7. The summed E-state index contributed by atoms with van der Waals surface area (Å²) >= 11 is 2.91. The molecular formula is C20H22F2N4OS2. The summed E-state index contributed by atoms with van der Waals surface area (Å²) in [4.78, 5) is 13.5. The number of aromatic nitrogens is 3. The molecule has 0 unspecified atom stereocenters. The smallest absolute Gasteiger partial charge is 0.234 e. The maximum Gasteiger partial charge on any atom is 0.234 e. The number of halogens is 2. The third kappa shape index (κ3) is 5.02. The van der Waals surface area contributed by atoms with Gasteiger partial charge in [0, 0.05) is 27.9 Å². The zero-order valence-electron chi connectivity index (χ0n) is 16.6. The van der Waals surface area contributed by atoms with Gasteiger partial charge < -0.3 is 5.32 Å². The van der Waals surface area contributed by atoms with Crippen LogP contribution in [-0.4, -0.2) is 26.4 Å². The lowest BCUT2D eigenvalue weighted by atomic mass is 10.1.